The standard InChI is InChI=1S/C25H24N4O4S/c1-17(18-6-7-20-16-22(33-2)11-8-19(20)15-18)27-25(30)28-21-9-12-23(13-10-21)34(31,32)29-24-5-3-4-14-26-24/h3-17H,1-2H3,(H,26,29)(H2,27,28,30). The van der Waals surface area contributed by atoms with Gasteiger partial charge in [0.05, 0.1) is 18.0 Å². The summed E-state index contributed by atoms with van der Waals surface area (Å²) in [7, 11) is -2.15. The second-order valence-corrected chi connectivity index (χ2v) is 9.32. The first-order valence-electron chi connectivity index (χ1n) is 10.5. The molecule has 0 aliphatic carbocycles. The molecule has 8 nitrogen and oxygen atoms in total. The van der Waals surface area contributed by atoms with Crippen molar-refractivity contribution in [2.75, 3.05) is 17.1 Å². The summed E-state index contributed by atoms with van der Waals surface area (Å²) in [5, 5.41) is 7.72. The Morgan fingerprint density at radius 2 is 1.68 bits per heavy atom. The minimum atomic E-state index is -3.78. The molecule has 0 spiro atoms. The van der Waals surface area contributed by atoms with Crippen LogP contribution in [0.4, 0.5) is 16.3 Å². The molecule has 0 radical (unpaired) electrons. The Balaban J connectivity index is 1.38. The van der Waals surface area contributed by atoms with Crippen molar-refractivity contribution in [2.24, 2.45) is 0 Å². The predicted octanol–water partition coefficient (Wildman–Crippen LogP) is 4.93. The molecule has 1 atom stereocenters. The summed E-state index contributed by atoms with van der Waals surface area (Å²) >= 11 is 0. The lowest BCUT2D eigenvalue weighted by molar-refractivity contribution is 0.249. The van der Waals surface area contributed by atoms with Crippen molar-refractivity contribution in [2.45, 2.75) is 17.9 Å². The highest BCUT2D eigenvalue weighted by molar-refractivity contribution is 7.92. The summed E-state index contributed by atoms with van der Waals surface area (Å²) in [6.45, 7) is 1.89. The number of carbonyl (C=O) groups excluding carboxylic acids is 1. The van der Waals surface area contributed by atoms with Gasteiger partial charge in [-0.15, -0.1) is 0 Å². The molecule has 0 saturated carbocycles. The third-order valence-corrected chi connectivity index (χ3v) is 6.62. The first-order valence-corrected chi connectivity index (χ1v) is 12.0. The molecule has 1 aromatic heterocycles. The summed E-state index contributed by atoms with van der Waals surface area (Å²) in [6.07, 6.45) is 1.50. The van der Waals surface area contributed by atoms with E-state index in [1.54, 1.807) is 25.3 Å². The number of nitrogens with zero attached hydrogens (tertiary/aromatic N) is 1. The van der Waals surface area contributed by atoms with Gasteiger partial charge in [0.2, 0.25) is 0 Å². The Morgan fingerprint density at radius 1 is 0.941 bits per heavy atom. The molecule has 0 aliphatic rings. The Hall–Kier alpha value is -4.11. The number of methoxy groups -OCH3 is 1. The molecule has 3 N–H and O–H groups in total. The minimum absolute atomic E-state index is 0.0604. The van der Waals surface area contributed by atoms with Crippen LogP contribution in [0.3, 0.4) is 0 Å². The molecule has 0 aliphatic heterocycles. The number of nitrogens with one attached hydrogen (secondary N) is 3. The number of amides is 2. The van der Waals surface area contributed by atoms with E-state index in [2.05, 4.69) is 20.3 Å². The topological polar surface area (TPSA) is 109 Å². The van der Waals surface area contributed by atoms with Crippen molar-refractivity contribution in [3.05, 3.63) is 90.6 Å². The van der Waals surface area contributed by atoms with Crippen LogP contribution < -0.4 is 20.1 Å². The maximum absolute atomic E-state index is 12.5. The van der Waals surface area contributed by atoms with E-state index in [0.29, 0.717) is 5.69 Å². The highest BCUT2D eigenvalue weighted by Crippen LogP contribution is 2.24. The van der Waals surface area contributed by atoms with E-state index in [4.69, 9.17) is 4.74 Å². The van der Waals surface area contributed by atoms with Crippen molar-refractivity contribution in [1.82, 2.24) is 10.3 Å². The number of urea groups is 1. The van der Waals surface area contributed by atoms with Crippen LogP contribution in [0, 0.1) is 0 Å². The third-order valence-electron chi connectivity index (χ3n) is 5.25. The smallest absolute Gasteiger partial charge is 0.319 e. The number of fused-ring (bicyclic) bond motifs is 1. The van der Waals surface area contributed by atoms with Gasteiger partial charge < -0.3 is 15.4 Å². The Kier molecular flexibility index (Phi) is 6.65. The zero-order chi connectivity index (χ0) is 24.1. The van der Waals surface area contributed by atoms with Gasteiger partial charge in [-0.05, 0) is 77.9 Å². The van der Waals surface area contributed by atoms with E-state index < -0.39 is 16.1 Å². The molecule has 174 valence electrons. The van der Waals surface area contributed by atoms with Gasteiger partial charge in [0.15, 0.2) is 0 Å². The van der Waals surface area contributed by atoms with E-state index in [-0.39, 0.29) is 16.8 Å². The quantitative estimate of drug-likeness (QED) is 0.351. The summed E-state index contributed by atoms with van der Waals surface area (Å²) in [5.74, 6) is 1.02. The van der Waals surface area contributed by atoms with Crippen LogP contribution in [0.1, 0.15) is 18.5 Å². The van der Waals surface area contributed by atoms with Crippen LogP contribution in [0.15, 0.2) is 90.0 Å². The number of rotatable bonds is 7. The lowest BCUT2D eigenvalue weighted by Crippen LogP contribution is -2.31. The number of benzene rings is 3. The van der Waals surface area contributed by atoms with Crippen LogP contribution in [-0.4, -0.2) is 26.5 Å². The molecule has 3 aromatic carbocycles. The van der Waals surface area contributed by atoms with Gasteiger partial charge in [0, 0.05) is 11.9 Å². The van der Waals surface area contributed by atoms with Gasteiger partial charge in [0.25, 0.3) is 10.0 Å². The molecular formula is C25H24N4O4S. The van der Waals surface area contributed by atoms with Crippen LogP contribution in [-0.2, 0) is 10.0 Å². The molecule has 9 heteroatoms. The normalized spacial score (nSPS) is 12.1. The molecule has 34 heavy (non-hydrogen) atoms. The Morgan fingerprint density at radius 3 is 2.38 bits per heavy atom. The van der Waals surface area contributed by atoms with Gasteiger partial charge in [-0.3, -0.25) is 4.72 Å². The van der Waals surface area contributed by atoms with E-state index in [1.165, 1.54) is 30.5 Å². The second-order valence-electron chi connectivity index (χ2n) is 7.64. The number of ether oxygens (including phenoxy) is 1. The molecule has 2 amide bonds. The van der Waals surface area contributed by atoms with Crippen molar-refractivity contribution >= 4 is 38.3 Å². The molecule has 0 bridgehead atoms. The Bertz CT molecular complexity index is 1410. The van der Waals surface area contributed by atoms with Crippen LogP contribution in [0.25, 0.3) is 10.8 Å². The van der Waals surface area contributed by atoms with Crippen LogP contribution in [0.2, 0.25) is 0 Å². The van der Waals surface area contributed by atoms with Crippen molar-refractivity contribution in [1.29, 1.82) is 0 Å². The zero-order valence-electron chi connectivity index (χ0n) is 18.6. The number of aromatic nitrogens is 1. The number of sulfonamides is 1. The summed E-state index contributed by atoms with van der Waals surface area (Å²) < 4.78 is 32.7. The zero-order valence-corrected chi connectivity index (χ0v) is 19.5. The predicted molar refractivity (Wildman–Crippen MR) is 133 cm³/mol. The van der Waals surface area contributed by atoms with Gasteiger partial charge in [-0.2, -0.15) is 0 Å². The number of carbonyl (C=O) groups is 1. The minimum Gasteiger partial charge on any atom is -0.497 e. The number of pyridine rings is 1. The molecule has 4 aromatic rings. The van der Waals surface area contributed by atoms with Crippen molar-refractivity contribution < 1.29 is 17.9 Å². The average Bonchev–Trinajstić information content (AvgIpc) is 2.84. The van der Waals surface area contributed by atoms with E-state index in [1.807, 2.05) is 43.3 Å². The molecule has 0 saturated heterocycles. The van der Waals surface area contributed by atoms with Crippen molar-refractivity contribution in [3.8, 4) is 5.75 Å². The van der Waals surface area contributed by atoms with Gasteiger partial charge >= 0.3 is 6.03 Å². The molecule has 1 unspecified atom stereocenters. The van der Waals surface area contributed by atoms with Crippen LogP contribution in [0.5, 0.6) is 5.75 Å². The monoisotopic (exact) mass is 476 g/mol. The van der Waals surface area contributed by atoms with E-state index in [9.17, 15) is 13.2 Å². The third kappa shape index (κ3) is 5.44. The van der Waals surface area contributed by atoms with E-state index >= 15 is 0 Å². The molecule has 1 heterocycles. The summed E-state index contributed by atoms with van der Waals surface area (Å²) in [5.41, 5.74) is 1.42. The fraction of sp³-hybridized carbons (Fsp3) is 0.120. The van der Waals surface area contributed by atoms with E-state index in [0.717, 1.165) is 22.1 Å². The van der Waals surface area contributed by atoms with Gasteiger partial charge in [-0.25, -0.2) is 18.2 Å². The number of hydrogen-bond donors (Lipinski definition) is 3. The summed E-state index contributed by atoms with van der Waals surface area (Å²) in [4.78, 5) is 16.5. The SMILES string of the molecule is COc1ccc2cc(C(C)NC(=O)Nc3ccc(S(=O)(=O)Nc4ccccn4)cc3)ccc2c1. The number of hydrogen-bond acceptors (Lipinski definition) is 5. The van der Waals surface area contributed by atoms with Crippen LogP contribution >= 0.6 is 0 Å². The lowest BCUT2D eigenvalue weighted by Gasteiger charge is -2.16. The maximum atomic E-state index is 12.5. The van der Waals surface area contributed by atoms with Gasteiger partial charge in [-0.1, -0.05) is 24.3 Å². The first-order chi connectivity index (χ1) is 16.3. The fourth-order valence-electron chi connectivity index (χ4n) is 3.42. The molecule has 4 rings (SSSR count). The number of anilines is 2. The summed E-state index contributed by atoms with van der Waals surface area (Å²) in [6, 6.07) is 22.0. The molecule has 0 fully saturated rings. The van der Waals surface area contributed by atoms with Crippen molar-refractivity contribution in [3.63, 3.8) is 0 Å². The fourth-order valence-corrected chi connectivity index (χ4v) is 4.43. The lowest BCUT2D eigenvalue weighted by atomic mass is 10.0. The average molecular weight is 477 g/mol. The second kappa shape index (κ2) is 9.80. The molecular weight excluding hydrogens is 452 g/mol. The van der Waals surface area contributed by atoms with Gasteiger partial charge in [0.1, 0.15) is 11.6 Å². The largest absolute Gasteiger partial charge is 0.497 e. The maximum Gasteiger partial charge on any atom is 0.319 e. The highest BCUT2D eigenvalue weighted by atomic mass is 32.2. The Labute approximate surface area is 198 Å². The first kappa shape index (κ1) is 23.1. The highest BCUT2D eigenvalue weighted by Gasteiger charge is 2.15.